The Hall–Kier alpha value is -1.42. The lowest BCUT2D eigenvalue weighted by Crippen LogP contribution is -2.49. The van der Waals surface area contributed by atoms with Crippen LogP contribution in [0.2, 0.25) is 0 Å². The van der Waals surface area contributed by atoms with Gasteiger partial charge in [0.25, 0.3) is 0 Å². The summed E-state index contributed by atoms with van der Waals surface area (Å²) in [4.78, 5) is 18.9. The van der Waals surface area contributed by atoms with Gasteiger partial charge in [-0.3, -0.25) is 9.78 Å². The molecule has 2 bridgehead atoms. The van der Waals surface area contributed by atoms with Crippen molar-refractivity contribution in [1.29, 1.82) is 0 Å². The third-order valence-electron chi connectivity index (χ3n) is 5.88. The van der Waals surface area contributed by atoms with Gasteiger partial charge in [-0.15, -0.1) is 0 Å². The number of nitrogens with two attached hydrogens (primary N) is 1. The van der Waals surface area contributed by atoms with Crippen molar-refractivity contribution in [2.75, 3.05) is 7.05 Å². The number of fused-ring (bicyclic) bond motifs is 2. The van der Waals surface area contributed by atoms with Crippen LogP contribution < -0.4 is 5.73 Å². The van der Waals surface area contributed by atoms with Crippen molar-refractivity contribution < 1.29 is 4.79 Å². The van der Waals surface area contributed by atoms with Crippen LogP contribution in [0.25, 0.3) is 0 Å². The number of aromatic nitrogens is 1. The molecular formula is C18H27N3O. The molecule has 3 rings (SSSR count). The third-order valence-corrected chi connectivity index (χ3v) is 5.88. The summed E-state index contributed by atoms with van der Waals surface area (Å²) in [6.07, 6.45) is 9.21. The lowest BCUT2D eigenvalue weighted by Gasteiger charge is -2.44. The smallest absolute Gasteiger partial charge is 0.225 e. The van der Waals surface area contributed by atoms with Gasteiger partial charge in [0.05, 0.1) is 6.04 Å². The Morgan fingerprint density at radius 1 is 1.27 bits per heavy atom. The van der Waals surface area contributed by atoms with Gasteiger partial charge in [0.1, 0.15) is 0 Å². The maximum Gasteiger partial charge on any atom is 0.225 e. The summed E-state index contributed by atoms with van der Waals surface area (Å²) >= 11 is 0. The van der Waals surface area contributed by atoms with Crippen LogP contribution in [-0.2, 0) is 4.79 Å². The van der Waals surface area contributed by atoms with Crippen molar-refractivity contribution in [1.82, 2.24) is 9.88 Å². The van der Waals surface area contributed by atoms with E-state index in [4.69, 9.17) is 5.73 Å². The number of carbonyl (C=O) groups is 1. The Kier molecular flexibility index (Phi) is 4.48. The highest BCUT2D eigenvalue weighted by atomic mass is 16.2. The fraction of sp³-hybridized carbons (Fsp3) is 0.667. The summed E-state index contributed by atoms with van der Waals surface area (Å²) in [7, 11) is 1.93. The summed E-state index contributed by atoms with van der Waals surface area (Å²) in [6.45, 7) is 2.09. The number of nitrogens with zero attached hydrogens (tertiary/aromatic N) is 2. The summed E-state index contributed by atoms with van der Waals surface area (Å²) in [6, 6.07) is 4.38. The van der Waals surface area contributed by atoms with E-state index in [1.807, 2.05) is 24.1 Å². The second-order valence-electron chi connectivity index (χ2n) is 7.10. The molecule has 1 amide bonds. The zero-order chi connectivity index (χ0) is 15.7. The van der Waals surface area contributed by atoms with Crippen LogP contribution in [-0.4, -0.2) is 28.9 Å². The van der Waals surface area contributed by atoms with Crippen LogP contribution in [0.4, 0.5) is 0 Å². The molecule has 2 aliphatic carbocycles. The van der Waals surface area contributed by atoms with Crippen LogP contribution in [0.5, 0.6) is 0 Å². The number of hydrogen-bond donors (Lipinski definition) is 1. The minimum absolute atomic E-state index is 0.0888. The zero-order valence-corrected chi connectivity index (χ0v) is 13.6. The van der Waals surface area contributed by atoms with Gasteiger partial charge < -0.3 is 10.6 Å². The van der Waals surface area contributed by atoms with E-state index < -0.39 is 0 Å². The van der Waals surface area contributed by atoms with E-state index in [0.717, 1.165) is 18.4 Å². The van der Waals surface area contributed by atoms with Gasteiger partial charge in [-0.05, 0) is 62.1 Å². The van der Waals surface area contributed by atoms with E-state index in [2.05, 4.69) is 11.9 Å². The molecule has 22 heavy (non-hydrogen) atoms. The molecule has 2 saturated carbocycles. The van der Waals surface area contributed by atoms with Gasteiger partial charge in [-0.25, -0.2) is 0 Å². The van der Waals surface area contributed by atoms with Gasteiger partial charge in [-0.1, -0.05) is 6.42 Å². The standard InChI is InChI=1S/C18H27N3O/c1-12(13-6-8-20-9-7-13)21(2)18(22)16-10-14-4-3-5-15(11-16)17(14)19/h6-9,12,14-17H,3-5,10-11,19H2,1-2H3. The minimum atomic E-state index is 0.0888. The van der Waals surface area contributed by atoms with Crippen LogP contribution in [0.3, 0.4) is 0 Å². The van der Waals surface area contributed by atoms with E-state index in [-0.39, 0.29) is 17.9 Å². The third kappa shape index (κ3) is 2.89. The predicted molar refractivity (Wildman–Crippen MR) is 87.0 cm³/mol. The summed E-state index contributed by atoms with van der Waals surface area (Å²) < 4.78 is 0. The summed E-state index contributed by atoms with van der Waals surface area (Å²) in [5.74, 6) is 1.54. The molecule has 0 radical (unpaired) electrons. The first-order valence-corrected chi connectivity index (χ1v) is 8.50. The number of rotatable bonds is 3. The summed E-state index contributed by atoms with van der Waals surface area (Å²) in [5, 5.41) is 0. The molecule has 3 unspecified atom stereocenters. The first-order chi connectivity index (χ1) is 10.6. The molecule has 2 fully saturated rings. The van der Waals surface area contributed by atoms with Gasteiger partial charge in [-0.2, -0.15) is 0 Å². The molecule has 0 saturated heterocycles. The zero-order valence-electron chi connectivity index (χ0n) is 13.6. The highest BCUT2D eigenvalue weighted by molar-refractivity contribution is 5.79. The molecule has 4 heteroatoms. The molecule has 1 aromatic rings. The van der Waals surface area contributed by atoms with Crippen LogP contribution in [0.1, 0.15) is 50.6 Å². The molecule has 1 aromatic heterocycles. The molecule has 3 atom stereocenters. The molecule has 0 spiro atoms. The van der Waals surface area contributed by atoms with Crippen molar-refractivity contribution in [3.63, 3.8) is 0 Å². The predicted octanol–water partition coefficient (Wildman–Crippen LogP) is 2.75. The average molecular weight is 301 g/mol. The van der Waals surface area contributed by atoms with Gasteiger partial charge in [0, 0.05) is 31.4 Å². The van der Waals surface area contributed by atoms with Gasteiger partial charge in [0.2, 0.25) is 5.91 Å². The van der Waals surface area contributed by atoms with Crippen LogP contribution >= 0.6 is 0 Å². The van der Waals surface area contributed by atoms with E-state index in [1.54, 1.807) is 12.4 Å². The average Bonchev–Trinajstić information content (AvgIpc) is 2.53. The second-order valence-corrected chi connectivity index (χ2v) is 7.10. The van der Waals surface area contributed by atoms with Gasteiger partial charge >= 0.3 is 0 Å². The lowest BCUT2D eigenvalue weighted by molar-refractivity contribution is -0.139. The van der Waals surface area contributed by atoms with E-state index in [1.165, 1.54) is 19.3 Å². The fourth-order valence-electron chi connectivity index (χ4n) is 4.34. The fourth-order valence-corrected chi connectivity index (χ4v) is 4.34. The van der Waals surface area contributed by atoms with Crippen molar-refractivity contribution in [3.8, 4) is 0 Å². The van der Waals surface area contributed by atoms with Crippen LogP contribution in [0.15, 0.2) is 24.5 Å². The van der Waals surface area contributed by atoms with Crippen molar-refractivity contribution in [2.45, 2.75) is 51.1 Å². The lowest BCUT2D eigenvalue weighted by atomic mass is 9.65. The van der Waals surface area contributed by atoms with Crippen LogP contribution in [0, 0.1) is 17.8 Å². The number of hydrogen-bond acceptors (Lipinski definition) is 3. The van der Waals surface area contributed by atoms with Crippen molar-refractivity contribution >= 4 is 5.91 Å². The molecule has 120 valence electrons. The van der Waals surface area contributed by atoms with E-state index >= 15 is 0 Å². The highest BCUT2D eigenvalue weighted by Gasteiger charge is 2.41. The molecule has 2 aliphatic rings. The topological polar surface area (TPSA) is 59.2 Å². The maximum absolute atomic E-state index is 12.9. The van der Waals surface area contributed by atoms with E-state index in [9.17, 15) is 4.79 Å². The molecule has 2 N–H and O–H groups in total. The number of pyridine rings is 1. The first kappa shape index (κ1) is 15.5. The summed E-state index contributed by atoms with van der Waals surface area (Å²) in [5.41, 5.74) is 7.48. The highest BCUT2D eigenvalue weighted by Crippen LogP contribution is 2.42. The maximum atomic E-state index is 12.9. The minimum Gasteiger partial charge on any atom is -0.339 e. The van der Waals surface area contributed by atoms with Crippen molar-refractivity contribution in [2.24, 2.45) is 23.5 Å². The number of carbonyl (C=O) groups excluding carboxylic acids is 1. The quantitative estimate of drug-likeness (QED) is 0.934. The molecule has 1 heterocycles. The van der Waals surface area contributed by atoms with E-state index in [0.29, 0.717) is 17.9 Å². The Balaban J connectivity index is 1.68. The van der Waals surface area contributed by atoms with Crippen molar-refractivity contribution in [3.05, 3.63) is 30.1 Å². The molecule has 4 nitrogen and oxygen atoms in total. The van der Waals surface area contributed by atoms with Gasteiger partial charge in [0.15, 0.2) is 0 Å². The monoisotopic (exact) mass is 301 g/mol. The Labute approximate surface area is 133 Å². The largest absolute Gasteiger partial charge is 0.339 e. The molecule has 0 aliphatic heterocycles. The molecule has 0 aromatic carbocycles. The Bertz CT molecular complexity index is 504. The normalized spacial score (nSPS) is 32.3. The number of amides is 1. The SMILES string of the molecule is CC(c1ccncc1)N(C)C(=O)C1CC2CCCC(C1)C2N. The second kappa shape index (κ2) is 6.37. The Morgan fingerprint density at radius 2 is 1.86 bits per heavy atom. The first-order valence-electron chi connectivity index (χ1n) is 8.50. The molecular weight excluding hydrogens is 274 g/mol. The Morgan fingerprint density at radius 3 is 2.45 bits per heavy atom.